The zero-order chi connectivity index (χ0) is 7.52. The Morgan fingerprint density at radius 1 is 1.18 bits per heavy atom. The highest BCUT2D eigenvalue weighted by atomic mass is 15.2. The van der Waals surface area contributed by atoms with Crippen LogP contribution in [-0.2, 0) is 0 Å². The van der Waals surface area contributed by atoms with Crippen molar-refractivity contribution < 1.29 is 0 Å². The molecule has 2 heteroatoms. The summed E-state index contributed by atoms with van der Waals surface area (Å²) in [5, 5.41) is 3.31. The highest BCUT2D eigenvalue weighted by Gasteiger charge is 2.15. The van der Waals surface area contributed by atoms with Gasteiger partial charge in [0.2, 0.25) is 0 Å². The van der Waals surface area contributed by atoms with Crippen LogP contribution in [0.15, 0.2) is 11.9 Å². The van der Waals surface area contributed by atoms with E-state index in [2.05, 4.69) is 16.4 Å². The Bertz CT molecular complexity index is 157. The van der Waals surface area contributed by atoms with E-state index >= 15 is 0 Å². The van der Waals surface area contributed by atoms with Crippen LogP contribution in [0.3, 0.4) is 0 Å². The molecule has 11 heavy (non-hydrogen) atoms. The van der Waals surface area contributed by atoms with Crippen LogP contribution in [0.1, 0.15) is 25.7 Å². The molecule has 2 aliphatic heterocycles. The molecule has 0 aromatic heterocycles. The van der Waals surface area contributed by atoms with E-state index in [1.165, 1.54) is 44.5 Å². The van der Waals surface area contributed by atoms with E-state index in [1.54, 1.807) is 0 Å². The Balaban J connectivity index is 1.96. The highest BCUT2D eigenvalue weighted by molar-refractivity contribution is 5.04. The van der Waals surface area contributed by atoms with Crippen molar-refractivity contribution in [1.29, 1.82) is 0 Å². The number of rotatable bonds is 1. The predicted octanol–water partition coefficient (Wildman–Crippen LogP) is 1.31. The minimum Gasteiger partial charge on any atom is -0.389 e. The van der Waals surface area contributed by atoms with E-state index in [-0.39, 0.29) is 0 Å². The number of nitrogens with one attached hydrogen (secondary N) is 1. The molecule has 2 nitrogen and oxygen atoms in total. The molecule has 2 heterocycles. The van der Waals surface area contributed by atoms with Crippen LogP contribution in [0.2, 0.25) is 0 Å². The molecule has 2 rings (SSSR count). The molecule has 0 bridgehead atoms. The monoisotopic (exact) mass is 152 g/mol. The van der Waals surface area contributed by atoms with E-state index in [4.69, 9.17) is 0 Å². The summed E-state index contributed by atoms with van der Waals surface area (Å²) in [7, 11) is 0. The number of nitrogens with zero attached hydrogens (tertiary/aromatic N) is 1. The molecule has 1 fully saturated rings. The Hall–Kier alpha value is -0.660. The standard InChI is InChI=1S/C9H16N2/c1-2-7-11(6-1)9-4-3-5-10-8-9/h8,10H,1-7H2. The van der Waals surface area contributed by atoms with Gasteiger partial charge in [0.25, 0.3) is 0 Å². The van der Waals surface area contributed by atoms with Gasteiger partial charge < -0.3 is 10.2 Å². The lowest BCUT2D eigenvalue weighted by Crippen LogP contribution is -2.25. The highest BCUT2D eigenvalue weighted by Crippen LogP contribution is 2.19. The lowest BCUT2D eigenvalue weighted by molar-refractivity contribution is 0.391. The second kappa shape index (κ2) is 3.16. The summed E-state index contributed by atoms with van der Waals surface area (Å²) in [5.41, 5.74) is 1.54. The van der Waals surface area contributed by atoms with E-state index in [0.717, 1.165) is 6.54 Å². The molecule has 0 unspecified atom stereocenters. The molecule has 62 valence electrons. The molecule has 0 radical (unpaired) electrons. The van der Waals surface area contributed by atoms with Crippen molar-refractivity contribution in [1.82, 2.24) is 10.2 Å². The number of hydrogen-bond acceptors (Lipinski definition) is 2. The lowest BCUT2D eigenvalue weighted by Gasteiger charge is -2.24. The molecular weight excluding hydrogens is 136 g/mol. The van der Waals surface area contributed by atoms with Crippen LogP contribution in [0.4, 0.5) is 0 Å². The molecule has 1 saturated heterocycles. The van der Waals surface area contributed by atoms with Crippen molar-refractivity contribution in [2.45, 2.75) is 25.7 Å². The van der Waals surface area contributed by atoms with Crippen molar-refractivity contribution >= 4 is 0 Å². The third-order valence-electron chi connectivity index (χ3n) is 2.53. The maximum atomic E-state index is 3.31. The van der Waals surface area contributed by atoms with Crippen LogP contribution < -0.4 is 5.32 Å². The van der Waals surface area contributed by atoms with Gasteiger partial charge in [-0.2, -0.15) is 0 Å². The largest absolute Gasteiger partial charge is 0.389 e. The summed E-state index contributed by atoms with van der Waals surface area (Å²) in [5.74, 6) is 0. The molecule has 2 aliphatic rings. The van der Waals surface area contributed by atoms with Gasteiger partial charge in [-0.3, -0.25) is 0 Å². The molecule has 1 N–H and O–H groups in total. The third-order valence-corrected chi connectivity index (χ3v) is 2.53. The topological polar surface area (TPSA) is 15.3 Å². The first-order valence-electron chi connectivity index (χ1n) is 4.64. The Morgan fingerprint density at radius 3 is 2.64 bits per heavy atom. The molecule has 0 aromatic rings. The van der Waals surface area contributed by atoms with Gasteiger partial charge in [0.05, 0.1) is 0 Å². The van der Waals surface area contributed by atoms with Gasteiger partial charge in [-0.05, 0) is 25.7 Å². The van der Waals surface area contributed by atoms with Gasteiger partial charge in [-0.25, -0.2) is 0 Å². The summed E-state index contributed by atoms with van der Waals surface area (Å²) < 4.78 is 0. The van der Waals surface area contributed by atoms with E-state index in [0.29, 0.717) is 0 Å². The average molecular weight is 152 g/mol. The predicted molar refractivity (Wildman–Crippen MR) is 46.1 cm³/mol. The Kier molecular flexibility index (Phi) is 2.01. The normalized spacial score (nSPS) is 24.7. The molecule has 0 aliphatic carbocycles. The van der Waals surface area contributed by atoms with E-state index in [1.807, 2.05) is 0 Å². The van der Waals surface area contributed by atoms with Crippen LogP contribution in [-0.4, -0.2) is 24.5 Å². The number of likely N-dealkylation sites (tertiary alicyclic amines) is 1. The lowest BCUT2D eigenvalue weighted by atomic mass is 10.2. The Morgan fingerprint density at radius 2 is 2.00 bits per heavy atom. The van der Waals surface area contributed by atoms with Crippen molar-refractivity contribution in [3.05, 3.63) is 11.9 Å². The maximum absolute atomic E-state index is 3.31. The second-order valence-corrected chi connectivity index (χ2v) is 3.39. The first-order chi connectivity index (χ1) is 5.47. The zero-order valence-corrected chi connectivity index (χ0v) is 6.97. The van der Waals surface area contributed by atoms with Gasteiger partial charge in [0.15, 0.2) is 0 Å². The van der Waals surface area contributed by atoms with Crippen molar-refractivity contribution in [2.75, 3.05) is 19.6 Å². The van der Waals surface area contributed by atoms with Crippen LogP contribution in [0.25, 0.3) is 0 Å². The first-order valence-corrected chi connectivity index (χ1v) is 4.64. The fraction of sp³-hybridized carbons (Fsp3) is 0.778. The van der Waals surface area contributed by atoms with Gasteiger partial charge in [0.1, 0.15) is 0 Å². The fourth-order valence-corrected chi connectivity index (χ4v) is 1.89. The first kappa shape index (κ1) is 7.01. The molecule has 0 spiro atoms. The summed E-state index contributed by atoms with van der Waals surface area (Å²) in [4.78, 5) is 2.52. The molecular formula is C9H16N2. The van der Waals surface area contributed by atoms with Crippen molar-refractivity contribution in [2.24, 2.45) is 0 Å². The summed E-state index contributed by atoms with van der Waals surface area (Å²) >= 11 is 0. The maximum Gasteiger partial charge on any atom is 0.0293 e. The van der Waals surface area contributed by atoms with E-state index in [9.17, 15) is 0 Å². The number of allylic oxidation sites excluding steroid dienone is 1. The molecule has 0 aromatic carbocycles. The average Bonchev–Trinajstić information content (AvgIpc) is 2.58. The van der Waals surface area contributed by atoms with Gasteiger partial charge in [-0.15, -0.1) is 0 Å². The van der Waals surface area contributed by atoms with Gasteiger partial charge >= 0.3 is 0 Å². The zero-order valence-electron chi connectivity index (χ0n) is 6.97. The van der Waals surface area contributed by atoms with E-state index < -0.39 is 0 Å². The van der Waals surface area contributed by atoms with Gasteiger partial charge in [0, 0.05) is 31.5 Å². The van der Waals surface area contributed by atoms with Crippen molar-refractivity contribution in [3.8, 4) is 0 Å². The fourth-order valence-electron chi connectivity index (χ4n) is 1.89. The number of hydrogen-bond donors (Lipinski definition) is 1. The molecule has 0 amide bonds. The smallest absolute Gasteiger partial charge is 0.0293 e. The summed E-state index contributed by atoms with van der Waals surface area (Å²) in [6.07, 6.45) is 7.57. The molecule has 0 saturated carbocycles. The van der Waals surface area contributed by atoms with Gasteiger partial charge in [-0.1, -0.05) is 0 Å². The van der Waals surface area contributed by atoms with Crippen LogP contribution in [0.5, 0.6) is 0 Å². The summed E-state index contributed by atoms with van der Waals surface area (Å²) in [6, 6.07) is 0. The van der Waals surface area contributed by atoms with Crippen molar-refractivity contribution in [3.63, 3.8) is 0 Å². The second-order valence-electron chi connectivity index (χ2n) is 3.39. The molecule has 0 atom stereocenters. The third kappa shape index (κ3) is 1.50. The summed E-state index contributed by atoms with van der Waals surface area (Å²) in [6.45, 7) is 3.73. The Labute approximate surface area is 68.3 Å². The minimum absolute atomic E-state index is 1.16. The quantitative estimate of drug-likeness (QED) is 0.609. The van der Waals surface area contributed by atoms with Crippen LogP contribution in [0, 0.1) is 0 Å². The minimum atomic E-state index is 1.16. The SMILES string of the molecule is C1=C(N2CCCC2)CCCN1. The van der Waals surface area contributed by atoms with Crippen LogP contribution >= 0.6 is 0 Å².